The minimum Gasteiger partial charge on any atom is -0.469 e. The molecule has 0 heterocycles. The molecule has 0 aliphatic rings. The van der Waals surface area contributed by atoms with Crippen LogP contribution in [0.25, 0.3) is 0 Å². The maximum atomic E-state index is 10.9. The number of methoxy groups -OCH3 is 1. The first-order valence-corrected chi connectivity index (χ1v) is 8.65. The van der Waals surface area contributed by atoms with Gasteiger partial charge in [0.05, 0.1) is 19.3 Å². The van der Waals surface area contributed by atoms with Gasteiger partial charge >= 0.3 is 5.97 Å². The number of carbonyl (C=O) groups is 1. The second kappa shape index (κ2) is 15.3. The van der Waals surface area contributed by atoms with E-state index in [1.54, 1.807) is 0 Å². The van der Waals surface area contributed by atoms with Crippen molar-refractivity contribution in [1.29, 1.82) is 0 Å². The summed E-state index contributed by atoms with van der Waals surface area (Å²) >= 11 is 0. The Morgan fingerprint density at radius 1 is 0.818 bits per heavy atom. The summed E-state index contributed by atoms with van der Waals surface area (Å²) in [6.45, 7) is 0.227. The van der Waals surface area contributed by atoms with Crippen LogP contribution >= 0.6 is 0 Å². The molecule has 0 spiro atoms. The molecule has 5 heteroatoms. The van der Waals surface area contributed by atoms with Gasteiger partial charge < -0.3 is 20.1 Å². The van der Waals surface area contributed by atoms with Crippen molar-refractivity contribution < 1.29 is 24.9 Å². The number of carbonyl (C=O) groups excluding carboxylic acids is 1. The van der Waals surface area contributed by atoms with E-state index >= 15 is 0 Å². The molecule has 2 atom stereocenters. The van der Waals surface area contributed by atoms with E-state index in [-0.39, 0.29) is 12.6 Å². The number of hydrogen-bond acceptors (Lipinski definition) is 5. The molecule has 0 aromatic heterocycles. The Kier molecular flexibility index (Phi) is 14.8. The average Bonchev–Trinajstić information content (AvgIpc) is 2.52. The molecule has 0 saturated heterocycles. The summed E-state index contributed by atoms with van der Waals surface area (Å²) in [5.74, 6) is -0.155. The zero-order valence-corrected chi connectivity index (χ0v) is 14.0. The van der Waals surface area contributed by atoms with Gasteiger partial charge in [0.25, 0.3) is 0 Å². The Bertz CT molecular complexity index is 257. The van der Waals surface area contributed by atoms with Gasteiger partial charge in [0, 0.05) is 13.0 Å². The Hall–Kier alpha value is -0.650. The van der Waals surface area contributed by atoms with E-state index < -0.39 is 12.2 Å². The molecule has 0 unspecified atom stereocenters. The van der Waals surface area contributed by atoms with Crippen molar-refractivity contribution in [1.82, 2.24) is 0 Å². The lowest BCUT2D eigenvalue weighted by molar-refractivity contribution is -0.140. The second-order valence-corrected chi connectivity index (χ2v) is 5.94. The molecular weight excluding hydrogens is 284 g/mol. The SMILES string of the molecule is COC(=O)CCCCCCC[C@H](O)[C@H](O)CCCCCCO. The van der Waals surface area contributed by atoms with Gasteiger partial charge in [-0.15, -0.1) is 0 Å². The summed E-state index contributed by atoms with van der Waals surface area (Å²) in [5, 5.41) is 28.4. The highest BCUT2D eigenvalue weighted by Crippen LogP contribution is 2.14. The fourth-order valence-corrected chi connectivity index (χ4v) is 2.46. The summed E-state index contributed by atoms with van der Waals surface area (Å²) in [7, 11) is 1.40. The summed E-state index contributed by atoms with van der Waals surface area (Å²) in [4.78, 5) is 10.9. The molecule has 5 nitrogen and oxygen atoms in total. The fourth-order valence-electron chi connectivity index (χ4n) is 2.46. The summed E-state index contributed by atoms with van der Waals surface area (Å²) in [6, 6.07) is 0. The number of hydrogen-bond donors (Lipinski definition) is 3. The molecule has 0 aromatic rings. The molecule has 0 aliphatic heterocycles. The molecule has 0 radical (unpaired) electrons. The van der Waals surface area contributed by atoms with E-state index in [4.69, 9.17) is 5.11 Å². The third kappa shape index (κ3) is 13.0. The van der Waals surface area contributed by atoms with Crippen molar-refractivity contribution in [2.75, 3.05) is 13.7 Å². The van der Waals surface area contributed by atoms with Gasteiger partial charge in [-0.25, -0.2) is 0 Å². The van der Waals surface area contributed by atoms with Crippen LogP contribution in [0.5, 0.6) is 0 Å². The number of unbranched alkanes of at least 4 members (excludes halogenated alkanes) is 7. The minimum atomic E-state index is -0.632. The summed E-state index contributed by atoms with van der Waals surface area (Å²) < 4.78 is 4.58. The highest BCUT2D eigenvalue weighted by Gasteiger charge is 2.15. The topological polar surface area (TPSA) is 87.0 Å². The third-order valence-electron chi connectivity index (χ3n) is 3.96. The number of rotatable bonds is 15. The normalized spacial score (nSPS) is 13.8. The maximum Gasteiger partial charge on any atom is 0.305 e. The van der Waals surface area contributed by atoms with E-state index in [0.717, 1.165) is 57.8 Å². The standard InChI is InChI=1S/C17H34O5/c1-22-17(21)13-9-4-2-3-7-11-15(19)16(20)12-8-5-6-10-14-18/h15-16,18-20H,2-14H2,1H3/t15-,16+/m0/s1. The lowest BCUT2D eigenvalue weighted by Crippen LogP contribution is -2.25. The van der Waals surface area contributed by atoms with Crippen molar-refractivity contribution in [2.24, 2.45) is 0 Å². The predicted molar refractivity (Wildman–Crippen MR) is 86.5 cm³/mol. The van der Waals surface area contributed by atoms with Crippen LogP contribution in [0.3, 0.4) is 0 Å². The third-order valence-corrected chi connectivity index (χ3v) is 3.96. The molecule has 0 aliphatic carbocycles. The van der Waals surface area contributed by atoms with E-state index in [2.05, 4.69) is 4.74 Å². The van der Waals surface area contributed by atoms with Crippen LogP contribution in [-0.4, -0.2) is 47.2 Å². The zero-order chi connectivity index (χ0) is 16.6. The van der Waals surface area contributed by atoms with Gasteiger partial charge in [0.15, 0.2) is 0 Å². The molecule has 0 bridgehead atoms. The van der Waals surface area contributed by atoms with E-state index in [0.29, 0.717) is 19.3 Å². The van der Waals surface area contributed by atoms with E-state index in [9.17, 15) is 15.0 Å². The quantitative estimate of drug-likeness (QED) is 0.319. The maximum absolute atomic E-state index is 10.9. The highest BCUT2D eigenvalue weighted by molar-refractivity contribution is 5.68. The van der Waals surface area contributed by atoms with Crippen molar-refractivity contribution in [3.05, 3.63) is 0 Å². The first-order valence-electron chi connectivity index (χ1n) is 8.65. The van der Waals surface area contributed by atoms with Crippen LogP contribution in [0.1, 0.15) is 77.0 Å². The fraction of sp³-hybridized carbons (Fsp3) is 0.941. The second-order valence-electron chi connectivity index (χ2n) is 5.94. The molecule has 132 valence electrons. The number of ether oxygens (including phenoxy) is 1. The van der Waals surface area contributed by atoms with Crippen LogP contribution in [0.15, 0.2) is 0 Å². The van der Waals surface area contributed by atoms with Crippen LogP contribution in [-0.2, 0) is 9.53 Å². The van der Waals surface area contributed by atoms with Gasteiger partial charge in [-0.3, -0.25) is 4.79 Å². The van der Waals surface area contributed by atoms with Crippen LogP contribution < -0.4 is 0 Å². The average molecular weight is 318 g/mol. The molecular formula is C17H34O5. The zero-order valence-electron chi connectivity index (χ0n) is 14.0. The Morgan fingerprint density at radius 3 is 1.77 bits per heavy atom. The smallest absolute Gasteiger partial charge is 0.305 e. The summed E-state index contributed by atoms with van der Waals surface area (Å²) in [6.07, 6.45) is 8.97. The first-order chi connectivity index (χ1) is 10.6. The molecule has 22 heavy (non-hydrogen) atoms. The van der Waals surface area contributed by atoms with Gasteiger partial charge in [-0.05, 0) is 25.7 Å². The van der Waals surface area contributed by atoms with E-state index in [1.165, 1.54) is 7.11 Å². The van der Waals surface area contributed by atoms with Crippen LogP contribution in [0.2, 0.25) is 0 Å². The molecule has 3 N–H and O–H groups in total. The molecule has 0 rings (SSSR count). The van der Waals surface area contributed by atoms with Gasteiger partial charge in [-0.2, -0.15) is 0 Å². The molecule has 0 amide bonds. The Labute approximate surface area is 134 Å². The largest absolute Gasteiger partial charge is 0.469 e. The number of aliphatic hydroxyl groups is 3. The Balaban J connectivity index is 3.40. The van der Waals surface area contributed by atoms with Crippen LogP contribution in [0.4, 0.5) is 0 Å². The van der Waals surface area contributed by atoms with Crippen molar-refractivity contribution in [3.8, 4) is 0 Å². The molecule has 0 saturated carbocycles. The van der Waals surface area contributed by atoms with Gasteiger partial charge in [0.1, 0.15) is 0 Å². The number of esters is 1. The van der Waals surface area contributed by atoms with Crippen molar-refractivity contribution in [2.45, 2.75) is 89.3 Å². The lowest BCUT2D eigenvalue weighted by atomic mass is 10.00. The van der Waals surface area contributed by atoms with Crippen molar-refractivity contribution in [3.63, 3.8) is 0 Å². The van der Waals surface area contributed by atoms with Crippen LogP contribution in [0, 0.1) is 0 Å². The molecule has 0 aromatic carbocycles. The first kappa shape index (κ1) is 21.4. The Morgan fingerprint density at radius 2 is 1.27 bits per heavy atom. The number of aliphatic hydroxyl groups excluding tert-OH is 3. The summed E-state index contributed by atoms with van der Waals surface area (Å²) in [5.41, 5.74) is 0. The predicted octanol–water partition coefficient (Wildman–Crippen LogP) is 2.55. The highest BCUT2D eigenvalue weighted by atomic mass is 16.5. The lowest BCUT2D eigenvalue weighted by Gasteiger charge is -2.17. The monoisotopic (exact) mass is 318 g/mol. The van der Waals surface area contributed by atoms with E-state index in [1.807, 2.05) is 0 Å². The van der Waals surface area contributed by atoms with Gasteiger partial charge in [-0.1, -0.05) is 44.9 Å². The van der Waals surface area contributed by atoms with Crippen molar-refractivity contribution >= 4 is 5.97 Å². The molecule has 0 fully saturated rings. The van der Waals surface area contributed by atoms with Gasteiger partial charge in [0.2, 0.25) is 0 Å². The minimum absolute atomic E-state index is 0.155.